The molecule has 0 bridgehead atoms. The summed E-state index contributed by atoms with van der Waals surface area (Å²) in [5.74, 6) is 2.74. The highest BCUT2D eigenvalue weighted by Gasteiger charge is 2.09. The number of hydrogen-bond acceptors (Lipinski definition) is 5. The topological polar surface area (TPSA) is 85.6 Å². The Bertz CT molecular complexity index is 923. The summed E-state index contributed by atoms with van der Waals surface area (Å²) in [6, 6.07) is 15.6. The molecule has 0 radical (unpaired) electrons. The molecule has 0 atom stereocenters. The second-order valence-corrected chi connectivity index (χ2v) is 5.80. The van der Waals surface area contributed by atoms with Crippen molar-refractivity contribution in [1.82, 2.24) is 20.1 Å². The van der Waals surface area contributed by atoms with Gasteiger partial charge in [0.2, 0.25) is 0 Å². The fourth-order valence-electron chi connectivity index (χ4n) is 2.68. The summed E-state index contributed by atoms with van der Waals surface area (Å²) in [4.78, 5) is 4.26. The molecule has 2 aromatic carbocycles. The number of benzene rings is 2. The first-order chi connectivity index (χ1) is 13.7. The first kappa shape index (κ1) is 19.2. The van der Waals surface area contributed by atoms with Crippen LogP contribution in [0.2, 0.25) is 0 Å². The predicted molar refractivity (Wildman–Crippen MR) is 109 cm³/mol. The Morgan fingerprint density at radius 3 is 2.68 bits per heavy atom. The summed E-state index contributed by atoms with van der Waals surface area (Å²) in [6.07, 6.45) is 1.69. The molecule has 0 aliphatic carbocycles. The number of guanidine groups is 1. The van der Waals surface area contributed by atoms with E-state index in [9.17, 15) is 0 Å². The van der Waals surface area contributed by atoms with Gasteiger partial charge in [0.05, 0.1) is 20.3 Å². The van der Waals surface area contributed by atoms with Gasteiger partial charge in [-0.15, -0.1) is 10.2 Å². The van der Waals surface area contributed by atoms with Crippen molar-refractivity contribution in [1.29, 1.82) is 0 Å². The van der Waals surface area contributed by atoms with Gasteiger partial charge in [0.25, 0.3) is 0 Å². The van der Waals surface area contributed by atoms with Crippen molar-refractivity contribution in [2.75, 3.05) is 26.1 Å². The van der Waals surface area contributed by atoms with Crippen LogP contribution in [0.15, 0.2) is 59.9 Å². The van der Waals surface area contributed by atoms with Crippen molar-refractivity contribution in [2.24, 2.45) is 4.99 Å². The quantitative estimate of drug-likeness (QED) is 0.484. The number of ether oxygens (including phenoxy) is 2. The maximum atomic E-state index is 5.55. The second-order valence-electron chi connectivity index (χ2n) is 5.80. The van der Waals surface area contributed by atoms with Crippen molar-refractivity contribution in [3.8, 4) is 17.2 Å². The van der Waals surface area contributed by atoms with E-state index >= 15 is 0 Å². The normalized spacial score (nSPS) is 11.2. The minimum absolute atomic E-state index is 0.461. The zero-order chi connectivity index (χ0) is 19.8. The van der Waals surface area contributed by atoms with E-state index in [2.05, 4.69) is 25.8 Å². The standard InChI is InChI=1S/C20H24N6O2/c1-4-28-17-11-10-15(12-18(17)27-3)24-20(21-2)22-13-19-25-23-14-26(19)16-8-6-5-7-9-16/h5-12,14H,4,13H2,1-3H3,(H2,21,22,24). The van der Waals surface area contributed by atoms with Gasteiger partial charge in [-0.05, 0) is 31.2 Å². The van der Waals surface area contributed by atoms with Crippen molar-refractivity contribution < 1.29 is 9.47 Å². The van der Waals surface area contributed by atoms with Gasteiger partial charge < -0.3 is 20.1 Å². The first-order valence-corrected chi connectivity index (χ1v) is 8.98. The average molecular weight is 380 g/mol. The number of nitrogens with zero attached hydrogens (tertiary/aromatic N) is 4. The van der Waals surface area contributed by atoms with Crippen LogP contribution in [0, 0.1) is 0 Å². The molecule has 0 spiro atoms. The summed E-state index contributed by atoms with van der Waals surface area (Å²) in [5.41, 5.74) is 1.83. The molecule has 28 heavy (non-hydrogen) atoms. The smallest absolute Gasteiger partial charge is 0.195 e. The van der Waals surface area contributed by atoms with E-state index in [1.54, 1.807) is 20.5 Å². The molecule has 0 aliphatic rings. The van der Waals surface area contributed by atoms with Gasteiger partial charge in [-0.2, -0.15) is 0 Å². The van der Waals surface area contributed by atoms with E-state index in [1.165, 1.54) is 0 Å². The lowest BCUT2D eigenvalue weighted by Crippen LogP contribution is -2.31. The summed E-state index contributed by atoms with van der Waals surface area (Å²) in [6.45, 7) is 2.97. The molecule has 0 saturated carbocycles. The lowest BCUT2D eigenvalue weighted by atomic mass is 10.2. The van der Waals surface area contributed by atoms with Crippen LogP contribution in [0.1, 0.15) is 12.7 Å². The van der Waals surface area contributed by atoms with Gasteiger partial charge in [0.15, 0.2) is 23.3 Å². The van der Waals surface area contributed by atoms with E-state index in [1.807, 2.05) is 60.0 Å². The SMILES string of the molecule is CCOc1ccc(NC(=NC)NCc2nncn2-c2ccccc2)cc1OC. The Morgan fingerprint density at radius 2 is 1.96 bits per heavy atom. The second kappa shape index (κ2) is 9.40. The summed E-state index contributed by atoms with van der Waals surface area (Å²) >= 11 is 0. The maximum Gasteiger partial charge on any atom is 0.195 e. The highest BCUT2D eigenvalue weighted by Crippen LogP contribution is 2.30. The first-order valence-electron chi connectivity index (χ1n) is 8.98. The molecule has 0 aliphatic heterocycles. The Hall–Kier alpha value is -3.55. The largest absolute Gasteiger partial charge is 0.493 e. The maximum absolute atomic E-state index is 5.55. The lowest BCUT2D eigenvalue weighted by molar-refractivity contribution is 0.311. The predicted octanol–water partition coefficient (Wildman–Crippen LogP) is 2.86. The molecule has 1 aromatic heterocycles. The molecule has 3 rings (SSSR count). The zero-order valence-electron chi connectivity index (χ0n) is 16.2. The third kappa shape index (κ3) is 4.59. The Labute approximate surface area is 164 Å². The molecule has 3 aromatic rings. The number of aliphatic imine (C=N–C) groups is 1. The van der Waals surface area contributed by atoms with E-state index in [-0.39, 0.29) is 0 Å². The summed E-state index contributed by atoms with van der Waals surface area (Å²) in [7, 11) is 3.33. The van der Waals surface area contributed by atoms with E-state index < -0.39 is 0 Å². The average Bonchev–Trinajstić information content (AvgIpc) is 3.21. The monoisotopic (exact) mass is 380 g/mol. The molecular weight excluding hydrogens is 356 g/mol. The Balaban J connectivity index is 1.67. The van der Waals surface area contributed by atoms with E-state index in [0.717, 1.165) is 17.2 Å². The van der Waals surface area contributed by atoms with E-state index in [0.29, 0.717) is 30.6 Å². The molecule has 8 heteroatoms. The number of hydrogen-bond donors (Lipinski definition) is 2. The van der Waals surface area contributed by atoms with Gasteiger partial charge in [-0.3, -0.25) is 9.56 Å². The van der Waals surface area contributed by atoms with Crippen LogP contribution >= 0.6 is 0 Å². The number of para-hydroxylation sites is 1. The number of rotatable bonds is 7. The minimum atomic E-state index is 0.461. The number of anilines is 1. The van der Waals surface area contributed by atoms with E-state index in [4.69, 9.17) is 9.47 Å². The van der Waals surface area contributed by atoms with Crippen LogP contribution in [-0.2, 0) is 6.54 Å². The molecule has 0 saturated heterocycles. The van der Waals surface area contributed by atoms with Gasteiger partial charge in [0.1, 0.15) is 6.33 Å². The molecule has 146 valence electrons. The highest BCUT2D eigenvalue weighted by molar-refractivity contribution is 5.93. The van der Waals surface area contributed by atoms with Gasteiger partial charge >= 0.3 is 0 Å². The fraction of sp³-hybridized carbons (Fsp3) is 0.250. The molecule has 0 fully saturated rings. The molecule has 0 unspecified atom stereocenters. The fourth-order valence-corrected chi connectivity index (χ4v) is 2.68. The molecule has 2 N–H and O–H groups in total. The number of methoxy groups -OCH3 is 1. The minimum Gasteiger partial charge on any atom is -0.493 e. The van der Waals surface area contributed by atoms with Crippen molar-refractivity contribution in [3.05, 3.63) is 60.7 Å². The summed E-state index contributed by atoms with van der Waals surface area (Å²) < 4.78 is 12.9. The molecule has 0 amide bonds. The number of aromatic nitrogens is 3. The third-order valence-corrected chi connectivity index (χ3v) is 4.02. The Morgan fingerprint density at radius 1 is 1.14 bits per heavy atom. The van der Waals surface area contributed by atoms with Crippen LogP contribution < -0.4 is 20.1 Å². The van der Waals surface area contributed by atoms with Crippen molar-refractivity contribution >= 4 is 11.6 Å². The Kier molecular flexibility index (Phi) is 6.46. The van der Waals surface area contributed by atoms with Crippen molar-refractivity contribution in [3.63, 3.8) is 0 Å². The lowest BCUT2D eigenvalue weighted by Gasteiger charge is -2.14. The van der Waals surface area contributed by atoms with Gasteiger partial charge in [-0.25, -0.2) is 0 Å². The number of nitrogens with one attached hydrogen (secondary N) is 2. The van der Waals surface area contributed by atoms with Crippen LogP contribution in [-0.4, -0.2) is 41.5 Å². The van der Waals surface area contributed by atoms with Crippen LogP contribution in [0.4, 0.5) is 5.69 Å². The zero-order valence-corrected chi connectivity index (χ0v) is 16.2. The van der Waals surface area contributed by atoms with Crippen LogP contribution in [0.5, 0.6) is 11.5 Å². The van der Waals surface area contributed by atoms with Gasteiger partial charge in [0, 0.05) is 24.5 Å². The molecule has 8 nitrogen and oxygen atoms in total. The van der Waals surface area contributed by atoms with Gasteiger partial charge in [-0.1, -0.05) is 18.2 Å². The summed E-state index contributed by atoms with van der Waals surface area (Å²) in [5, 5.41) is 14.7. The van der Waals surface area contributed by atoms with Crippen molar-refractivity contribution in [2.45, 2.75) is 13.5 Å². The van der Waals surface area contributed by atoms with Crippen LogP contribution in [0.25, 0.3) is 5.69 Å². The highest BCUT2D eigenvalue weighted by atomic mass is 16.5. The third-order valence-electron chi connectivity index (χ3n) is 4.02. The molecular formula is C20H24N6O2. The van der Waals surface area contributed by atoms with Crippen LogP contribution in [0.3, 0.4) is 0 Å². The molecule has 1 heterocycles.